The molecule has 0 aliphatic carbocycles. The van der Waals surface area contributed by atoms with Crippen LogP contribution in [0.25, 0.3) is 0 Å². The Morgan fingerprint density at radius 2 is 1.89 bits per heavy atom. The molecular weight excluding hydrogens is 362 g/mol. The third-order valence-electron chi connectivity index (χ3n) is 5.50. The number of fused-ring (bicyclic) bond motifs is 1. The maximum atomic E-state index is 14.3. The van der Waals surface area contributed by atoms with E-state index in [1.54, 1.807) is 6.20 Å². The lowest BCUT2D eigenvalue weighted by Gasteiger charge is -2.36. The average Bonchev–Trinajstić information content (AvgIpc) is 2.72. The highest BCUT2D eigenvalue weighted by Crippen LogP contribution is 2.31. The number of nitrogens with zero attached hydrogens (tertiary/aromatic N) is 4. The van der Waals surface area contributed by atoms with Gasteiger partial charge in [0.05, 0.1) is 5.69 Å². The Labute approximate surface area is 163 Å². The number of rotatable bonds is 4. The number of hydrogen-bond acceptors (Lipinski definition) is 4. The molecule has 148 valence electrons. The van der Waals surface area contributed by atoms with Crippen LogP contribution in [0, 0.1) is 11.6 Å². The molecule has 28 heavy (non-hydrogen) atoms. The number of piperazine rings is 1. The van der Waals surface area contributed by atoms with E-state index in [2.05, 4.69) is 9.88 Å². The average molecular weight is 386 g/mol. The fourth-order valence-electron chi connectivity index (χ4n) is 4.07. The van der Waals surface area contributed by atoms with Gasteiger partial charge in [-0.25, -0.2) is 13.8 Å². The number of pyridine rings is 1. The molecule has 2 aromatic rings. The summed E-state index contributed by atoms with van der Waals surface area (Å²) in [6, 6.07) is 8.16. The van der Waals surface area contributed by atoms with Crippen molar-refractivity contribution < 1.29 is 13.6 Å². The number of anilines is 2. The molecule has 1 aromatic heterocycles. The van der Waals surface area contributed by atoms with Gasteiger partial charge in [-0.3, -0.25) is 4.79 Å². The molecule has 7 heteroatoms. The van der Waals surface area contributed by atoms with Crippen LogP contribution in [-0.4, -0.2) is 55.1 Å². The summed E-state index contributed by atoms with van der Waals surface area (Å²) in [5, 5.41) is 0. The van der Waals surface area contributed by atoms with Gasteiger partial charge in [0.1, 0.15) is 17.5 Å². The van der Waals surface area contributed by atoms with Crippen molar-refractivity contribution in [2.75, 3.05) is 49.1 Å². The first kappa shape index (κ1) is 18.7. The Morgan fingerprint density at radius 3 is 2.64 bits per heavy atom. The first-order valence-corrected chi connectivity index (χ1v) is 9.78. The van der Waals surface area contributed by atoms with E-state index in [0.29, 0.717) is 50.3 Å². The molecule has 3 heterocycles. The number of aromatic nitrogens is 1. The highest BCUT2D eigenvalue weighted by Gasteiger charge is 2.25. The van der Waals surface area contributed by atoms with Crippen molar-refractivity contribution in [2.45, 2.75) is 19.3 Å². The third-order valence-corrected chi connectivity index (χ3v) is 5.50. The summed E-state index contributed by atoms with van der Waals surface area (Å²) in [5.74, 6) is -0.0661. The van der Waals surface area contributed by atoms with Gasteiger partial charge in [-0.1, -0.05) is 6.07 Å². The van der Waals surface area contributed by atoms with Crippen molar-refractivity contribution in [1.82, 2.24) is 9.88 Å². The van der Waals surface area contributed by atoms with Crippen molar-refractivity contribution in [2.24, 2.45) is 0 Å². The van der Waals surface area contributed by atoms with Crippen LogP contribution in [0.5, 0.6) is 0 Å². The molecule has 0 saturated carbocycles. The zero-order chi connectivity index (χ0) is 19.5. The van der Waals surface area contributed by atoms with Crippen LogP contribution in [0.3, 0.4) is 0 Å². The second kappa shape index (κ2) is 8.12. The normalized spacial score (nSPS) is 16.9. The molecule has 0 bridgehead atoms. The minimum Gasteiger partial charge on any atom is -0.368 e. The van der Waals surface area contributed by atoms with Crippen LogP contribution < -0.4 is 9.80 Å². The van der Waals surface area contributed by atoms with E-state index in [1.807, 2.05) is 28.0 Å². The molecule has 2 aliphatic heterocycles. The molecule has 0 radical (unpaired) electrons. The van der Waals surface area contributed by atoms with Gasteiger partial charge in [0.15, 0.2) is 0 Å². The summed E-state index contributed by atoms with van der Waals surface area (Å²) in [7, 11) is 0. The summed E-state index contributed by atoms with van der Waals surface area (Å²) in [6.07, 6.45) is 3.62. The van der Waals surface area contributed by atoms with E-state index < -0.39 is 11.6 Å². The Kier molecular flexibility index (Phi) is 5.41. The van der Waals surface area contributed by atoms with Gasteiger partial charge < -0.3 is 14.7 Å². The Balaban J connectivity index is 1.33. The molecule has 0 spiro atoms. The molecule has 4 rings (SSSR count). The number of benzene rings is 1. The fourth-order valence-corrected chi connectivity index (χ4v) is 4.07. The van der Waals surface area contributed by atoms with E-state index in [4.69, 9.17) is 0 Å². The van der Waals surface area contributed by atoms with Gasteiger partial charge in [-0.2, -0.15) is 0 Å². The van der Waals surface area contributed by atoms with E-state index in [0.717, 1.165) is 31.4 Å². The van der Waals surface area contributed by atoms with Crippen LogP contribution in [0.1, 0.15) is 18.4 Å². The monoisotopic (exact) mass is 386 g/mol. The minimum absolute atomic E-state index is 0.0790. The molecule has 1 amide bonds. The van der Waals surface area contributed by atoms with Crippen molar-refractivity contribution in [3.63, 3.8) is 0 Å². The van der Waals surface area contributed by atoms with Crippen molar-refractivity contribution in [1.29, 1.82) is 0 Å². The predicted molar refractivity (Wildman–Crippen MR) is 105 cm³/mol. The zero-order valence-electron chi connectivity index (χ0n) is 15.8. The minimum atomic E-state index is -0.542. The van der Waals surface area contributed by atoms with Crippen molar-refractivity contribution >= 4 is 17.4 Å². The Morgan fingerprint density at radius 1 is 1.07 bits per heavy atom. The number of halogens is 2. The summed E-state index contributed by atoms with van der Waals surface area (Å²) >= 11 is 0. The quantitative estimate of drug-likeness (QED) is 0.810. The molecular formula is C21H24F2N4O. The molecule has 1 saturated heterocycles. The highest BCUT2D eigenvalue weighted by atomic mass is 19.1. The Bertz CT molecular complexity index is 838. The number of aryl methyl sites for hydroxylation is 1. The third kappa shape index (κ3) is 3.93. The summed E-state index contributed by atoms with van der Waals surface area (Å²) in [6.45, 7) is 3.97. The molecule has 0 N–H and O–H groups in total. The van der Waals surface area contributed by atoms with Crippen LogP contribution >= 0.6 is 0 Å². The van der Waals surface area contributed by atoms with Crippen LogP contribution in [0.4, 0.5) is 20.3 Å². The number of hydrogen-bond donors (Lipinski definition) is 0. The zero-order valence-corrected chi connectivity index (χ0v) is 15.8. The van der Waals surface area contributed by atoms with Gasteiger partial charge >= 0.3 is 0 Å². The largest absolute Gasteiger partial charge is 0.368 e. The Hall–Kier alpha value is -2.70. The van der Waals surface area contributed by atoms with E-state index in [9.17, 15) is 13.6 Å². The van der Waals surface area contributed by atoms with Crippen molar-refractivity contribution in [3.05, 3.63) is 53.7 Å². The highest BCUT2D eigenvalue weighted by molar-refractivity contribution is 5.77. The molecule has 5 nitrogen and oxygen atoms in total. The first-order chi connectivity index (χ1) is 13.6. The lowest BCUT2D eigenvalue weighted by Crippen LogP contribution is -2.49. The standard InChI is InChI=1S/C21H24F2N4O/c22-17-14-16-4-3-8-27(21(16)18(23)15-17)9-6-20(28)26-12-10-25(11-13-26)19-5-1-2-7-24-19/h1-2,5,7,14-15H,3-4,6,8-13H2. The summed E-state index contributed by atoms with van der Waals surface area (Å²) in [5.41, 5.74) is 1.15. The van der Waals surface area contributed by atoms with Gasteiger partial charge in [0.2, 0.25) is 5.91 Å². The summed E-state index contributed by atoms with van der Waals surface area (Å²) in [4.78, 5) is 22.9. The number of carbonyl (C=O) groups excluding carboxylic acids is 1. The van der Waals surface area contributed by atoms with E-state index >= 15 is 0 Å². The van der Waals surface area contributed by atoms with E-state index in [1.165, 1.54) is 6.07 Å². The van der Waals surface area contributed by atoms with Crippen LogP contribution in [-0.2, 0) is 11.2 Å². The van der Waals surface area contributed by atoms with Crippen LogP contribution in [0.15, 0.2) is 36.5 Å². The maximum Gasteiger partial charge on any atom is 0.224 e. The van der Waals surface area contributed by atoms with Crippen LogP contribution in [0.2, 0.25) is 0 Å². The van der Waals surface area contributed by atoms with Gasteiger partial charge in [-0.15, -0.1) is 0 Å². The topological polar surface area (TPSA) is 39.7 Å². The lowest BCUT2D eigenvalue weighted by atomic mass is 10.0. The number of amides is 1. The van der Waals surface area contributed by atoms with Gasteiger partial charge in [0.25, 0.3) is 0 Å². The van der Waals surface area contributed by atoms with Gasteiger partial charge in [-0.05, 0) is 36.6 Å². The molecule has 1 aromatic carbocycles. The SMILES string of the molecule is O=C(CCN1CCCc2cc(F)cc(F)c21)N1CCN(c2ccccn2)CC1. The second-order valence-corrected chi connectivity index (χ2v) is 7.29. The first-order valence-electron chi connectivity index (χ1n) is 9.78. The lowest BCUT2D eigenvalue weighted by molar-refractivity contribution is -0.131. The molecule has 0 atom stereocenters. The molecule has 2 aliphatic rings. The second-order valence-electron chi connectivity index (χ2n) is 7.29. The molecule has 1 fully saturated rings. The molecule has 0 unspecified atom stereocenters. The van der Waals surface area contributed by atoms with E-state index in [-0.39, 0.29) is 5.91 Å². The van der Waals surface area contributed by atoms with Crippen molar-refractivity contribution in [3.8, 4) is 0 Å². The fraction of sp³-hybridized carbons (Fsp3) is 0.429. The number of carbonyl (C=O) groups is 1. The van der Waals surface area contributed by atoms with Gasteiger partial charge in [0, 0.05) is 58.0 Å². The maximum absolute atomic E-state index is 14.3. The predicted octanol–water partition coefficient (Wildman–Crippen LogP) is 2.85. The summed E-state index contributed by atoms with van der Waals surface area (Å²) < 4.78 is 27.7. The smallest absolute Gasteiger partial charge is 0.224 e.